The van der Waals surface area contributed by atoms with Crippen LogP contribution >= 0.6 is 0 Å². The first-order valence-electron chi connectivity index (χ1n) is 8.75. The molecule has 25 heavy (non-hydrogen) atoms. The quantitative estimate of drug-likeness (QED) is 0.724. The molecular formula is C21H26FNO2. The average Bonchev–Trinajstić information content (AvgIpc) is 2.59. The summed E-state index contributed by atoms with van der Waals surface area (Å²) in [6, 6.07) is 12.4. The van der Waals surface area contributed by atoms with Gasteiger partial charge in [-0.25, -0.2) is 4.39 Å². The Morgan fingerprint density at radius 2 is 1.88 bits per heavy atom. The fraction of sp³-hybridized carbons (Fsp3) is 0.381. The first-order chi connectivity index (χ1) is 12.0. The second-order valence-corrected chi connectivity index (χ2v) is 6.30. The van der Waals surface area contributed by atoms with E-state index in [0.717, 1.165) is 29.7 Å². The van der Waals surface area contributed by atoms with E-state index in [9.17, 15) is 9.18 Å². The first kappa shape index (κ1) is 19.0. The molecule has 4 heteroatoms. The molecule has 0 spiro atoms. The summed E-state index contributed by atoms with van der Waals surface area (Å²) in [6.07, 6.45) is 1.72. The number of benzene rings is 2. The largest absolute Gasteiger partial charge is 0.480 e. The van der Waals surface area contributed by atoms with Crippen LogP contribution < -0.4 is 10.1 Å². The van der Waals surface area contributed by atoms with Gasteiger partial charge in [0.15, 0.2) is 6.10 Å². The van der Waals surface area contributed by atoms with E-state index in [-0.39, 0.29) is 11.7 Å². The van der Waals surface area contributed by atoms with Crippen LogP contribution in [0.15, 0.2) is 42.5 Å². The zero-order chi connectivity index (χ0) is 18.2. The second-order valence-electron chi connectivity index (χ2n) is 6.30. The molecule has 0 heterocycles. The highest BCUT2D eigenvalue weighted by Gasteiger charge is 2.18. The summed E-state index contributed by atoms with van der Waals surface area (Å²) >= 11 is 0. The molecular weight excluding hydrogens is 317 g/mol. The van der Waals surface area contributed by atoms with Crippen LogP contribution in [-0.2, 0) is 11.2 Å². The summed E-state index contributed by atoms with van der Waals surface area (Å²) in [7, 11) is 0. The summed E-state index contributed by atoms with van der Waals surface area (Å²) < 4.78 is 18.8. The van der Waals surface area contributed by atoms with Crippen LogP contribution in [0.1, 0.15) is 36.5 Å². The van der Waals surface area contributed by atoms with Gasteiger partial charge in [-0.1, -0.05) is 36.8 Å². The molecule has 0 bridgehead atoms. The lowest BCUT2D eigenvalue weighted by atomic mass is 10.1. The molecule has 0 saturated heterocycles. The SMILES string of the molecule is CCC(Oc1ccc(C)cc1C)C(=O)NCCCc1ccc(F)cc1. The Bertz CT molecular complexity index is 698. The van der Waals surface area contributed by atoms with Crippen LogP contribution in [0.5, 0.6) is 5.75 Å². The molecule has 3 nitrogen and oxygen atoms in total. The summed E-state index contributed by atoms with van der Waals surface area (Å²) in [5, 5.41) is 2.93. The molecule has 1 amide bonds. The first-order valence-corrected chi connectivity index (χ1v) is 8.75. The van der Waals surface area contributed by atoms with Crippen molar-refractivity contribution in [2.45, 2.75) is 46.1 Å². The minimum absolute atomic E-state index is 0.0958. The van der Waals surface area contributed by atoms with Crippen molar-refractivity contribution >= 4 is 5.91 Å². The fourth-order valence-corrected chi connectivity index (χ4v) is 2.68. The van der Waals surface area contributed by atoms with Crippen LogP contribution in [0.25, 0.3) is 0 Å². The lowest BCUT2D eigenvalue weighted by Crippen LogP contribution is -2.38. The van der Waals surface area contributed by atoms with E-state index in [0.29, 0.717) is 13.0 Å². The average molecular weight is 343 g/mol. The number of halogens is 1. The predicted octanol–water partition coefficient (Wildman–Crippen LogP) is 4.35. The Balaban J connectivity index is 1.80. The Morgan fingerprint density at radius 1 is 1.16 bits per heavy atom. The number of ether oxygens (including phenoxy) is 1. The molecule has 2 rings (SSSR count). The molecule has 0 aromatic heterocycles. The lowest BCUT2D eigenvalue weighted by molar-refractivity contribution is -0.128. The fourth-order valence-electron chi connectivity index (χ4n) is 2.68. The van der Waals surface area contributed by atoms with Gasteiger partial charge in [0.1, 0.15) is 11.6 Å². The summed E-state index contributed by atoms with van der Waals surface area (Å²) in [4.78, 5) is 12.3. The maximum absolute atomic E-state index is 12.9. The maximum atomic E-state index is 12.9. The van der Waals surface area contributed by atoms with Crippen LogP contribution in [0.4, 0.5) is 4.39 Å². The smallest absolute Gasteiger partial charge is 0.261 e. The van der Waals surface area contributed by atoms with Crippen molar-refractivity contribution in [1.29, 1.82) is 0 Å². The third-order valence-electron chi connectivity index (χ3n) is 4.12. The molecule has 2 aromatic carbocycles. The van der Waals surface area contributed by atoms with Crippen LogP contribution in [-0.4, -0.2) is 18.6 Å². The Kier molecular flexibility index (Phi) is 6.99. The zero-order valence-electron chi connectivity index (χ0n) is 15.1. The number of carbonyl (C=O) groups is 1. The minimum Gasteiger partial charge on any atom is -0.480 e. The molecule has 0 fully saturated rings. The Morgan fingerprint density at radius 3 is 2.52 bits per heavy atom. The van der Waals surface area contributed by atoms with Gasteiger partial charge in [-0.15, -0.1) is 0 Å². The standard InChI is InChI=1S/C21H26FNO2/c1-4-19(25-20-12-7-15(2)14-16(20)3)21(24)23-13-5-6-17-8-10-18(22)11-9-17/h7-12,14,19H,4-6,13H2,1-3H3,(H,23,24). The van der Waals surface area contributed by atoms with Gasteiger partial charge in [0.25, 0.3) is 5.91 Å². The minimum atomic E-state index is -0.493. The van der Waals surface area contributed by atoms with Crippen molar-refractivity contribution < 1.29 is 13.9 Å². The van der Waals surface area contributed by atoms with Crippen LogP contribution in [0, 0.1) is 19.7 Å². The number of hydrogen-bond donors (Lipinski definition) is 1. The van der Waals surface area contributed by atoms with Crippen molar-refractivity contribution in [3.05, 3.63) is 65.0 Å². The number of hydrogen-bond acceptors (Lipinski definition) is 2. The van der Waals surface area contributed by atoms with Gasteiger partial charge in [0.05, 0.1) is 0 Å². The van der Waals surface area contributed by atoms with Gasteiger partial charge in [-0.05, 0) is 62.4 Å². The Labute approximate surface area is 149 Å². The predicted molar refractivity (Wildman–Crippen MR) is 98.4 cm³/mol. The van der Waals surface area contributed by atoms with Gasteiger partial charge in [-0.2, -0.15) is 0 Å². The van der Waals surface area contributed by atoms with E-state index in [2.05, 4.69) is 5.32 Å². The lowest BCUT2D eigenvalue weighted by Gasteiger charge is -2.19. The molecule has 0 aliphatic carbocycles. The van der Waals surface area contributed by atoms with E-state index < -0.39 is 6.10 Å². The summed E-state index contributed by atoms with van der Waals surface area (Å²) in [5.41, 5.74) is 3.26. The Hall–Kier alpha value is -2.36. The topological polar surface area (TPSA) is 38.3 Å². The third kappa shape index (κ3) is 5.89. The van der Waals surface area contributed by atoms with Crippen molar-refractivity contribution in [3.8, 4) is 5.75 Å². The molecule has 1 atom stereocenters. The number of nitrogens with one attached hydrogen (secondary N) is 1. The molecule has 0 radical (unpaired) electrons. The molecule has 2 aromatic rings. The molecule has 1 unspecified atom stereocenters. The van der Waals surface area contributed by atoms with E-state index in [1.165, 1.54) is 17.7 Å². The van der Waals surface area contributed by atoms with Crippen molar-refractivity contribution in [1.82, 2.24) is 5.32 Å². The van der Waals surface area contributed by atoms with Gasteiger partial charge < -0.3 is 10.1 Å². The summed E-state index contributed by atoms with van der Waals surface area (Å²) in [5.74, 6) is 0.423. The van der Waals surface area contributed by atoms with E-state index >= 15 is 0 Å². The second kappa shape index (κ2) is 9.21. The third-order valence-corrected chi connectivity index (χ3v) is 4.12. The van der Waals surface area contributed by atoms with Gasteiger partial charge in [0, 0.05) is 6.54 Å². The normalized spacial score (nSPS) is 11.8. The van der Waals surface area contributed by atoms with Crippen LogP contribution in [0.2, 0.25) is 0 Å². The van der Waals surface area contributed by atoms with Crippen molar-refractivity contribution in [3.63, 3.8) is 0 Å². The highest BCUT2D eigenvalue weighted by molar-refractivity contribution is 5.81. The molecule has 134 valence electrons. The van der Waals surface area contributed by atoms with Gasteiger partial charge in [-0.3, -0.25) is 4.79 Å². The number of aryl methyl sites for hydroxylation is 3. The highest BCUT2D eigenvalue weighted by atomic mass is 19.1. The molecule has 1 N–H and O–H groups in total. The maximum Gasteiger partial charge on any atom is 0.261 e. The molecule has 0 saturated carbocycles. The number of amides is 1. The number of rotatable bonds is 8. The van der Waals surface area contributed by atoms with Crippen molar-refractivity contribution in [2.75, 3.05) is 6.54 Å². The van der Waals surface area contributed by atoms with Gasteiger partial charge in [0.2, 0.25) is 0 Å². The van der Waals surface area contributed by atoms with E-state index in [1.54, 1.807) is 12.1 Å². The molecule has 0 aliphatic heterocycles. The summed E-state index contributed by atoms with van der Waals surface area (Å²) in [6.45, 7) is 6.52. The molecule has 0 aliphatic rings. The van der Waals surface area contributed by atoms with Gasteiger partial charge >= 0.3 is 0 Å². The zero-order valence-corrected chi connectivity index (χ0v) is 15.1. The monoisotopic (exact) mass is 343 g/mol. The van der Waals surface area contributed by atoms with E-state index in [4.69, 9.17) is 4.74 Å². The van der Waals surface area contributed by atoms with E-state index in [1.807, 2.05) is 39.0 Å². The van der Waals surface area contributed by atoms with Crippen molar-refractivity contribution in [2.24, 2.45) is 0 Å². The highest BCUT2D eigenvalue weighted by Crippen LogP contribution is 2.20. The number of carbonyl (C=O) groups excluding carboxylic acids is 1. The van der Waals surface area contributed by atoms with Crippen LogP contribution in [0.3, 0.4) is 0 Å².